The molecule has 170 valence electrons. The number of rotatable bonds is 8. The number of carbonyl (C=O) groups excluding carboxylic acids is 1. The van der Waals surface area contributed by atoms with E-state index in [1.165, 1.54) is 16.8 Å². The van der Waals surface area contributed by atoms with Crippen LogP contribution in [0.25, 0.3) is 0 Å². The lowest BCUT2D eigenvalue weighted by atomic mass is 10.1. The third-order valence-corrected chi connectivity index (χ3v) is 4.76. The number of anilines is 1. The molecule has 0 bridgehead atoms. The lowest BCUT2D eigenvalue weighted by Crippen LogP contribution is -2.38. The van der Waals surface area contributed by atoms with Crippen LogP contribution in [0.2, 0.25) is 0 Å². The highest BCUT2D eigenvalue weighted by Crippen LogP contribution is 2.21. The van der Waals surface area contributed by atoms with E-state index in [1.807, 2.05) is 24.3 Å². The van der Waals surface area contributed by atoms with Crippen molar-refractivity contribution in [1.82, 2.24) is 15.5 Å². The summed E-state index contributed by atoms with van der Waals surface area (Å²) in [7, 11) is 7.65. The molecule has 2 aromatic rings. The van der Waals surface area contributed by atoms with Crippen molar-refractivity contribution in [3.8, 4) is 0 Å². The molecular formula is C24H36IN5O. The Hall–Kier alpha value is -2.29. The van der Waals surface area contributed by atoms with Crippen LogP contribution >= 0.6 is 24.0 Å². The van der Waals surface area contributed by atoms with E-state index in [1.54, 1.807) is 19.0 Å². The number of benzene rings is 2. The number of amides is 1. The topological polar surface area (TPSA) is 60.0 Å². The fourth-order valence-electron chi connectivity index (χ4n) is 3.17. The van der Waals surface area contributed by atoms with Crippen LogP contribution in [0.15, 0.2) is 47.5 Å². The quantitative estimate of drug-likeness (QED) is 0.307. The molecule has 0 fully saturated rings. The van der Waals surface area contributed by atoms with E-state index in [0.29, 0.717) is 12.1 Å². The van der Waals surface area contributed by atoms with Crippen molar-refractivity contribution < 1.29 is 4.79 Å². The lowest BCUT2D eigenvalue weighted by molar-refractivity contribution is 0.0827. The Morgan fingerprint density at radius 3 is 2.42 bits per heavy atom. The first-order chi connectivity index (χ1) is 14.3. The molecule has 2 N–H and O–H groups in total. The SMILES string of the molecule is CCNC(=NCc1ccc(C)cc1N(C)C)NCCc1cccc(C(=O)N(C)C)c1.I. The van der Waals surface area contributed by atoms with Crippen LogP contribution in [0.1, 0.15) is 34.0 Å². The molecule has 0 spiro atoms. The van der Waals surface area contributed by atoms with Crippen LogP contribution in [0.3, 0.4) is 0 Å². The summed E-state index contributed by atoms with van der Waals surface area (Å²) in [6.45, 7) is 6.31. The summed E-state index contributed by atoms with van der Waals surface area (Å²) in [4.78, 5) is 20.6. The third-order valence-electron chi connectivity index (χ3n) is 4.76. The summed E-state index contributed by atoms with van der Waals surface area (Å²) in [5, 5.41) is 6.71. The Morgan fingerprint density at radius 2 is 1.77 bits per heavy atom. The fourth-order valence-corrected chi connectivity index (χ4v) is 3.17. The predicted molar refractivity (Wildman–Crippen MR) is 142 cm³/mol. The van der Waals surface area contributed by atoms with Crippen molar-refractivity contribution in [2.24, 2.45) is 4.99 Å². The molecule has 0 radical (unpaired) electrons. The van der Waals surface area contributed by atoms with Gasteiger partial charge in [0, 0.05) is 52.5 Å². The molecule has 0 saturated carbocycles. The van der Waals surface area contributed by atoms with E-state index >= 15 is 0 Å². The number of halogens is 1. The average Bonchev–Trinajstić information content (AvgIpc) is 2.72. The summed E-state index contributed by atoms with van der Waals surface area (Å²) in [6.07, 6.45) is 0.812. The van der Waals surface area contributed by atoms with Crippen molar-refractivity contribution in [3.63, 3.8) is 0 Å². The minimum Gasteiger partial charge on any atom is -0.377 e. The zero-order chi connectivity index (χ0) is 22.1. The molecule has 2 aromatic carbocycles. The number of aryl methyl sites for hydroxylation is 1. The summed E-state index contributed by atoms with van der Waals surface area (Å²) in [5.74, 6) is 0.817. The Balaban J connectivity index is 0.00000480. The zero-order valence-corrected chi connectivity index (χ0v) is 21.9. The van der Waals surface area contributed by atoms with Crippen LogP contribution in [-0.4, -0.2) is 58.0 Å². The maximum absolute atomic E-state index is 12.2. The monoisotopic (exact) mass is 537 g/mol. The van der Waals surface area contributed by atoms with Crippen LogP contribution in [-0.2, 0) is 13.0 Å². The maximum Gasteiger partial charge on any atom is 0.253 e. The molecule has 2 rings (SSSR count). The fraction of sp³-hybridized carbons (Fsp3) is 0.417. The number of carbonyl (C=O) groups is 1. The maximum atomic E-state index is 12.2. The summed E-state index contributed by atoms with van der Waals surface area (Å²) >= 11 is 0. The Labute approximate surface area is 204 Å². The van der Waals surface area contributed by atoms with Gasteiger partial charge in [-0.1, -0.05) is 24.3 Å². The zero-order valence-electron chi connectivity index (χ0n) is 19.5. The van der Waals surface area contributed by atoms with Crippen LogP contribution in [0.4, 0.5) is 5.69 Å². The van der Waals surface area contributed by atoms with E-state index in [2.05, 4.69) is 61.7 Å². The highest BCUT2D eigenvalue weighted by Gasteiger charge is 2.09. The van der Waals surface area contributed by atoms with E-state index < -0.39 is 0 Å². The number of aliphatic imine (C=N–C) groups is 1. The Morgan fingerprint density at radius 1 is 1.03 bits per heavy atom. The second-order valence-corrected chi connectivity index (χ2v) is 7.80. The largest absolute Gasteiger partial charge is 0.377 e. The molecule has 0 aliphatic rings. The van der Waals surface area contributed by atoms with Gasteiger partial charge in [0.15, 0.2) is 5.96 Å². The van der Waals surface area contributed by atoms with Gasteiger partial charge in [0.25, 0.3) is 5.91 Å². The van der Waals surface area contributed by atoms with Crippen molar-refractivity contribution >= 4 is 41.5 Å². The molecule has 0 heterocycles. The molecule has 31 heavy (non-hydrogen) atoms. The normalized spacial score (nSPS) is 10.8. The van der Waals surface area contributed by atoms with Gasteiger partial charge < -0.3 is 20.4 Å². The highest BCUT2D eigenvalue weighted by molar-refractivity contribution is 14.0. The minimum atomic E-state index is 0. The van der Waals surface area contributed by atoms with E-state index in [4.69, 9.17) is 4.99 Å². The van der Waals surface area contributed by atoms with Gasteiger partial charge in [-0.15, -0.1) is 24.0 Å². The van der Waals surface area contributed by atoms with Gasteiger partial charge in [0.05, 0.1) is 6.54 Å². The van der Waals surface area contributed by atoms with Crippen LogP contribution < -0.4 is 15.5 Å². The van der Waals surface area contributed by atoms with Gasteiger partial charge >= 0.3 is 0 Å². The number of hydrogen-bond donors (Lipinski definition) is 2. The van der Waals surface area contributed by atoms with Crippen molar-refractivity contribution in [3.05, 3.63) is 64.7 Å². The van der Waals surface area contributed by atoms with Crippen molar-refractivity contribution in [1.29, 1.82) is 0 Å². The van der Waals surface area contributed by atoms with Gasteiger partial charge in [-0.05, 0) is 55.2 Å². The standard InChI is InChI=1S/C24H35N5O.HI/c1-7-25-24(27-17-21-12-11-18(2)15-22(21)28(3)4)26-14-13-19-9-8-10-20(16-19)23(30)29(5)6;/h8-12,15-16H,7,13-14,17H2,1-6H3,(H2,25,26,27);1H. The first-order valence-corrected chi connectivity index (χ1v) is 10.4. The number of nitrogens with zero attached hydrogens (tertiary/aromatic N) is 3. The molecule has 0 aliphatic carbocycles. The molecule has 1 amide bonds. The van der Waals surface area contributed by atoms with E-state index in [9.17, 15) is 4.79 Å². The average molecular weight is 537 g/mol. The Kier molecular flexibility index (Phi) is 11.4. The molecule has 6 nitrogen and oxygen atoms in total. The third kappa shape index (κ3) is 8.40. The molecular weight excluding hydrogens is 501 g/mol. The van der Waals surface area contributed by atoms with E-state index in [0.717, 1.165) is 31.0 Å². The second kappa shape index (κ2) is 13.2. The van der Waals surface area contributed by atoms with Gasteiger partial charge in [0.1, 0.15) is 0 Å². The predicted octanol–water partition coefficient (Wildman–Crippen LogP) is 3.68. The lowest BCUT2D eigenvalue weighted by Gasteiger charge is -2.18. The van der Waals surface area contributed by atoms with Gasteiger partial charge in [-0.25, -0.2) is 4.99 Å². The number of guanidine groups is 1. The smallest absolute Gasteiger partial charge is 0.253 e. The molecule has 0 aliphatic heterocycles. The molecule has 0 unspecified atom stereocenters. The van der Waals surface area contributed by atoms with Crippen molar-refractivity contribution in [2.45, 2.75) is 26.8 Å². The highest BCUT2D eigenvalue weighted by atomic mass is 127. The molecule has 0 saturated heterocycles. The van der Waals surface area contributed by atoms with Gasteiger partial charge in [-0.3, -0.25) is 4.79 Å². The van der Waals surface area contributed by atoms with Crippen LogP contribution in [0, 0.1) is 6.92 Å². The molecule has 7 heteroatoms. The minimum absolute atomic E-state index is 0. The second-order valence-electron chi connectivity index (χ2n) is 7.80. The summed E-state index contributed by atoms with van der Waals surface area (Å²) < 4.78 is 0. The molecule has 0 atom stereocenters. The van der Waals surface area contributed by atoms with Gasteiger partial charge in [-0.2, -0.15) is 0 Å². The Bertz CT molecular complexity index is 880. The summed E-state index contributed by atoms with van der Waals surface area (Å²) in [6, 6.07) is 14.3. The first kappa shape index (κ1) is 26.7. The van der Waals surface area contributed by atoms with Crippen molar-refractivity contribution in [2.75, 3.05) is 46.2 Å². The number of hydrogen-bond acceptors (Lipinski definition) is 3. The van der Waals surface area contributed by atoms with Crippen LogP contribution in [0.5, 0.6) is 0 Å². The first-order valence-electron chi connectivity index (χ1n) is 10.4. The summed E-state index contributed by atoms with van der Waals surface area (Å²) in [5.41, 5.74) is 5.47. The van der Waals surface area contributed by atoms with Gasteiger partial charge in [0.2, 0.25) is 0 Å². The molecule has 0 aromatic heterocycles. The number of nitrogens with one attached hydrogen (secondary N) is 2. The van der Waals surface area contributed by atoms with E-state index in [-0.39, 0.29) is 29.9 Å².